The highest BCUT2D eigenvalue weighted by atomic mass is 15.4. The fraction of sp³-hybridized carbons (Fsp3) is 0.385. The summed E-state index contributed by atoms with van der Waals surface area (Å²) in [6, 6.07) is 8.53. The molecule has 0 amide bonds. The van der Waals surface area contributed by atoms with E-state index in [2.05, 4.69) is 40.0 Å². The molecule has 1 aliphatic carbocycles. The molecule has 88 valence electrons. The van der Waals surface area contributed by atoms with Crippen molar-refractivity contribution in [1.29, 1.82) is 0 Å². The Hall–Kier alpha value is -1.84. The maximum atomic E-state index is 4.69. The molecular formula is C13H17N4+. The Morgan fingerprint density at radius 1 is 1.12 bits per heavy atom. The lowest BCUT2D eigenvalue weighted by Gasteiger charge is -2.01. The molecule has 2 aliphatic rings. The van der Waals surface area contributed by atoms with Crippen molar-refractivity contribution < 1.29 is 4.68 Å². The van der Waals surface area contributed by atoms with Gasteiger partial charge in [-0.25, -0.2) is 0 Å². The maximum absolute atomic E-state index is 4.69. The van der Waals surface area contributed by atoms with E-state index in [1.807, 2.05) is 11.7 Å². The van der Waals surface area contributed by atoms with E-state index in [1.165, 1.54) is 16.8 Å². The van der Waals surface area contributed by atoms with Crippen LogP contribution in [0, 0.1) is 0 Å². The fourth-order valence-corrected chi connectivity index (χ4v) is 2.40. The lowest BCUT2D eigenvalue weighted by atomic mass is 10.1. The summed E-state index contributed by atoms with van der Waals surface area (Å²) < 4.78 is 1.91. The Kier molecular flexibility index (Phi) is 2.55. The minimum atomic E-state index is 0.973. The molecule has 0 radical (unpaired) electrons. The Balaban J connectivity index is 1.94. The number of aryl methyl sites for hydroxylation is 1. The summed E-state index contributed by atoms with van der Waals surface area (Å²) in [7, 11) is 1.98. The van der Waals surface area contributed by atoms with Crippen LogP contribution in [0.5, 0.6) is 0 Å². The second-order valence-corrected chi connectivity index (χ2v) is 4.43. The second-order valence-electron chi connectivity index (χ2n) is 4.43. The van der Waals surface area contributed by atoms with Gasteiger partial charge in [0.2, 0.25) is 0 Å². The van der Waals surface area contributed by atoms with Gasteiger partial charge in [-0.2, -0.15) is 0 Å². The minimum absolute atomic E-state index is 0.973. The van der Waals surface area contributed by atoms with Crippen LogP contribution in [0.15, 0.2) is 29.4 Å². The fourth-order valence-electron chi connectivity index (χ4n) is 2.40. The van der Waals surface area contributed by atoms with Crippen LogP contribution in [-0.2, 0) is 6.42 Å². The van der Waals surface area contributed by atoms with Crippen LogP contribution >= 0.6 is 0 Å². The van der Waals surface area contributed by atoms with Crippen LogP contribution in [0.3, 0.4) is 0 Å². The van der Waals surface area contributed by atoms with Gasteiger partial charge in [0.15, 0.2) is 0 Å². The van der Waals surface area contributed by atoms with Crippen LogP contribution in [0.1, 0.15) is 17.5 Å². The molecule has 1 fully saturated rings. The second kappa shape index (κ2) is 4.20. The lowest BCUT2D eigenvalue weighted by Crippen LogP contribution is -2.32. The smallest absolute Gasteiger partial charge is 0.273 e. The summed E-state index contributed by atoms with van der Waals surface area (Å²) in [4.78, 5) is 0. The maximum Gasteiger partial charge on any atom is 0.369 e. The molecule has 4 heteroatoms. The van der Waals surface area contributed by atoms with Gasteiger partial charge in [-0.1, -0.05) is 24.3 Å². The van der Waals surface area contributed by atoms with Gasteiger partial charge < -0.3 is 0 Å². The Morgan fingerprint density at radius 3 is 2.71 bits per heavy atom. The molecule has 0 bridgehead atoms. The Morgan fingerprint density at radius 2 is 1.88 bits per heavy atom. The summed E-state index contributed by atoms with van der Waals surface area (Å²) in [6.07, 6.45) is 2.15. The normalized spacial score (nSPS) is 20.1. The summed E-state index contributed by atoms with van der Waals surface area (Å²) >= 11 is 0. The van der Waals surface area contributed by atoms with Crippen molar-refractivity contribution in [3.8, 4) is 0 Å². The molecule has 1 aromatic carbocycles. The van der Waals surface area contributed by atoms with Crippen molar-refractivity contribution in [2.45, 2.75) is 12.8 Å². The van der Waals surface area contributed by atoms with Crippen molar-refractivity contribution in [1.82, 2.24) is 10.6 Å². The number of fused-ring (bicyclic) bond motifs is 1. The molecule has 0 saturated carbocycles. The summed E-state index contributed by atoms with van der Waals surface area (Å²) in [5, 5.41) is 11.2. The molecule has 0 atom stereocenters. The van der Waals surface area contributed by atoms with Crippen LogP contribution in [-0.4, -0.2) is 36.5 Å². The quantitative estimate of drug-likeness (QED) is 0.544. The number of nitrogens with one attached hydrogen (secondary N) is 2. The number of rotatable bonds is 1. The average Bonchev–Trinajstić information content (AvgIpc) is 2.98. The van der Waals surface area contributed by atoms with Crippen LogP contribution in [0.2, 0.25) is 0 Å². The van der Waals surface area contributed by atoms with E-state index in [0.29, 0.717) is 0 Å². The highest BCUT2D eigenvalue weighted by Crippen LogP contribution is 2.21. The third kappa shape index (κ3) is 1.90. The first kappa shape index (κ1) is 10.3. The van der Waals surface area contributed by atoms with Crippen molar-refractivity contribution in [2.75, 3.05) is 20.1 Å². The molecule has 0 spiro atoms. The monoisotopic (exact) mass is 229 g/mol. The van der Waals surface area contributed by atoms with E-state index >= 15 is 0 Å². The van der Waals surface area contributed by atoms with E-state index in [1.54, 1.807) is 0 Å². The number of guanidine groups is 1. The van der Waals surface area contributed by atoms with Gasteiger partial charge in [0, 0.05) is 5.56 Å². The van der Waals surface area contributed by atoms with E-state index < -0.39 is 0 Å². The van der Waals surface area contributed by atoms with Gasteiger partial charge in [0.05, 0.1) is 25.8 Å². The largest absolute Gasteiger partial charge is 0.369 e. The van der Waals surface area contributed by atoms with Crippen molar-refractivity contribution in [2.24, 2.45) is 5.10 Å². The highest BCUT2D eigenvalue weighted by Gasteiger charge is 2.20. The molecule has 1 heterocycles. The molecule has 1 aromatic rings. The zero-order chi connectivity index (χ0) is 11.7. The molecule has 17 heavy (non-hydrogen) atoms. The molecule has 0 aromatic heterocycles. The van der Waals surface area contributed by atoms with Crippen LogP contribution < -0.4 is 10.6 Å². The van der Waals surface area contributed by atoms with Gasteiger partial charge >= 0.3 is 5.96 Å². The molecule has 0 unspecified atom stereocenters. The van der Waals surface area contributed by atoms with E-state index in [-0.39, 0.29) is 0 Å². The summed E-state index contributed by atoms with van der Waals surface area (Å²) in [5.41, 5.74) is 3.90. The van der Waals surface area contributed by atoms with Crippen molar-refractivity contribution in [3.63, 3.8) is 0 Å². The Bertz CT molecular complexity index is 494. The molecule has 2 N–H and O–H groups in total. The van der Waals surface area contributed by atoms with Crippen molar-refractivity contribution in [3.05, 3.63) is 35.4 Å². The predicted octanol–water partition coefficient (Wildman–Crippen LogP) is 0.528. The number of hydrazone groups is 1. The third-order valence-corrected chi connectivity index (χ3v) is 3.26. The van der Waals surface area contributed by atoms with E-state index in [0.717, 1.165) is 31.9 Å². The standard InChI is InChI=1S/C13H16N4/c1-17(13-14-8-9-15-13)16-12-7-6-10-4-2-3-5-11(10)12/h2-5H,6-9H2,1H3,(H,14,15)/p+1/b16-12-. The SMILES string of the molecule is C[N+](/N=C1/CCc2ccccc21)=C1NCCN1. The topological polar surface area (TPSA) is 39.4 Å². The molecule has 4 nitrogen and oxygen atoms in total. The molecule has 3 rings (SSSR count). The Labute approximate surface area is 101 Å². The van der Waals surface area contributed by atoms with E-state index in [4.69, 9.17) is 0 Å². The zero-order valence-corrected chi connectivity index (χ0v) is 10.0. The first-order chi connectivity index (χ1) is 8.34. The number of benzene rings is 1. The van der Waals surface area contributed by atoms with Gasteiger partial charge in [-0.3, -0.25) is 10.6 Å². The first-order valence-corrected chi connectivity index (χ1v) is 6.09. The van der Waals surface area contributed by atoms with Gasteiger partial charge in [-0.15, -0.1) is 9.79 Å². The third-order valence-electron chi connectivity index (χ3n) is 3.26. The van der Waals surface area contributed by atoms with E-state index in [9.17, 15) is 0 Å². The van der Waals surface area contributed by atoms with Crippen LogP contribution in [0.25, 0.3) is 0 Å². The first-order valence-electron chi connectivity index (χ1n) is 6.09. The van der Waals surface area contributed by atoms with Gasteiger partial charge in [0.25, 0.3) is 0 Å². The number of hydrogen-bond acceptors (Lipinski definition) is 1. The predicted molar refractivity (Wildman–Crippen MR) is 68.5 cm³/mol. The van der Waals surface area contributed by atoms with Gasteiger partial charge in [-0.05, 0) is 18.4 Å². The summed E-state index contributed by atoms with van der Waals surface area (Å²) in [6.45, 7) is 1.95. The minimum Gasteiger partial charge on any atom is -0.273 e. The van der Waals surface area contributed by atoms with Crippen molar-refractivity contribution >= 4 is 11.7 Å². The lowest BCUT2D eigenvalue weighted by molar-refractivity contribution is -0.506. The molecular weight excluding hydrogens is 212 g/mol. The molecule has 1 saturated heterocycles. The molecule has 1 aliphatic heterocycles. The average molecular weight is 229 g/mol. The number of hydrogen-bond donors (Lipinski definition) is 2. The highest BCUT2D eigenvalue weighted by molar-refractivity contribution is 6.04. The van der Waals surface area contributed by atoms with Crippen LogP contribution in [0.4, 0.5) is 0 Å². The van der Waals surface area contributed by atoms with Gasteiger partial charge in [0.1, 0.15) is 0 Å². The number of nitrogens with zero attached hydrogens (tertiary/aromatic N) is 2. The zero-order valence-electron chi connectivity index (χ0n) is 10.0. The summed E-state index contributed by atoms with van der Waals surface area (Å²) in [5.74, 6) is 1.00.